The second kappa shape index (κ2) is 119. The highest BCUT2D eigenvalue weighted by atomic mass is 79.9. The Morgan fingerprint density at radius 3 is 0.913 bits per heavy atom. The Bertz CT molecular complexity index is 1970. The summed E-state index contributed by atoms with van der Waals surface area (Å²) in [6, 6.07) is 0. The standard InChI is InChI=1S/C17H32O6S.C13H25BrO5.2C13H26O5S.C9H17NO3S.C9H18O5.C6H12O2S.C4H8Br2.CH5N/c1-2-16(18)15-24-12-4-3-5-21-13-17-14-22-9-8-19-6-7-20-10-11-23-17;14-3-1-2-4-17-11-13-12-18-8-7-15-5-6-16-9-10-19-13;2*19-10-2-1-3-16-11-13-12-17-7-6-14-4-5-15-8-9-18-13;1-10-8(11)7-14-6-4-2-3-5-9(12)13;10-7-9-8-13-4-3-11-1-2-12-5-6-14-9;7-6(8)4-2-1-3-5-9;5-3-1-2-4-6;1-2/h17H,2-15H2,1H3;13H,1-12H2;2*13,19H,1-12H2;2-7H2,1H3,(H,10,11)(H,12,13);9-10H,1-8H2;9H,1-5H2,(H,7,8);1-4H2;2H2,1H3/p-1. The summed E-state index contributed by atoms with van der Waals surface area (Å²) in [5.74, 6) is 4.38. The van der Waals surface area contributed by atoms with Crippen molar-refractivity contribution in [3.63, 3.8) is 0 Å². The molecular weight excluding hydrogens is 1940 g/mol. The van der Waals surface area contributed by atoms with Gasteiger partial charge in [-0.2, -0.15) is 61.4 Å². The number of ether oxygens (including phenoxy) is 24. The van der Waals surface area contributed by atoms with Crippen LogP contribution >= 0.6 is 109 Å². The molecule has 5 aliphatic heterocycles. The van der Waals surface area contributed by atoms with Gasteiger partial charge < -0.3 is 145 Å². The van der Waals surface area contributed by atoms with Gasteiger partial charge in [0.25, 0.3) is 0 Å². The van der Waals surface area contributed by atoms with Crippen LogP contribution in [0.25, 0.3) is 0 Å². The van der Waals surface area contributed by atoms with Crippen LogP contribution in [0, 0.1) is 0 Å². The molecule has 5 aliphatic rings. The number of carboxylic acids is 2. The SMILES string of the molecule is BrCCCCBr.BrCCCCOCC1COCCOCCOCCO1.CCC(=O)CSCCCCOCC1COCCOCCOCCO1.CN.CNC(=O)CSCCCCCC(=O)[O-].O=C(O)CCCCCS.OCC1COCCOCCOCCO1.SCCCCOCC1COCCOCCOCCO1.SCCCCOCC1COCCOCCOCCO1. The van der Waals surface area contributed by atoms with Crippen LogP contribution in [0.1, 0.15) is 129 Å². The Kier molecular flexibility index (Phi) is 126. The van der Waals surface area contributed by atoms with Crippen molar-refractivity contribution >= 4 is 133 Å². The number of carbonyl (C=O) groups excluding carboxylic acids is 3. The van der Waals surface area contributed by atoms with Gasteiger partial charge in [0.05, 0.1) is 276 Å². The number of aliphatic hydroxyl groups excluding tert-OH is 1. The Hall–Kier alpha value is 0.230. The lowest BCUT2D eigenvalue weighted by atomic mass is 10.2. The molecule has 0 aromatic heterocycles. The van der Waals surface area contributed by atoms with Crippen molar-refractivity contribution in [2.24, 2.45) is 5.73 Å². The number of hydrogen-bond donors (Lipinski definition) is 7. The van der Waals surface area contributed by atoms with E-state index < -0.39 is 11.9 Å². The summed E-state index contributed by atoms with van der Waals surface area (Å²) in [4.78, 5) is 41.9. The van der Waals surface area contributed by atoms with E-state index in [1.807, 2.05) is 6.92 Å². The number of unbranched alkanes of at least 4 members (excludes halogenated alkanes) is 9. The topological polar surface area (TPSA) is 391 Å². The third-order valence-corrected chi connectivity index (χ3v) is 21.1. The normalized spacial score (nSPS) is 19.9. The lowest BCUT2D eigenvalue weighted by Gasteiger charge is -2.19. The molecule has 5 rings (SSSR count). The van der Waals surface area contributed by atoms with Crippen LogP contribution in [0.15, 0.2) is 0 Å². The fourth-order valence-corrected chi connectivity index (χ4v) is 13.2. The molecular formula is C85H168Br3N2O31S5-. The molecule has 5 heterocycles. The second-order valence-corrected chi connectivity index (χ2v) is 33.2. The zero-order valence-corrected chi connectivity index (χ0v) is 85.7. The molecule has 0 aromatic carbocycles. The van der Waals surface area contributed by atoms with Gasteiger partial charge in [-0.05, 0) is 132 Å². The summed E-state index contributed by atoms with van der Waals surface area (Å²) in [7, 11) is 3.11. The van der Waals surface area contributed by atoms with E-state index >= 15 is 0 Å². The second-order valence-electron chi connectivity index (χ2n) is 27.3. The van der Waals surface area contributed by atoms with Gasteiger partial charge >= 0.3 is 5.97 Å². The van der Waals surface area contributed by atoms with Crippen LogP contribution in [0.3, 0.4) is 0 Å². The van der Waals surface area contributed by atoms with Crippen molar-refractivity contribution in [1.29, 1.82) is 0 Å². The molecule has 5 saturated heterocycles. The van der Waals surface area contributed by atoms with Gasteiger partial charge in [-0.1, -0.05) is 67.6 Å². The van der Waals surface area contributed by atoms with E-state index in [1.165, 1.54) is 19.9 Å². The molecule has 0 aromatic rings. The predicted octanol–water partition coefficient (Wildman–Crippen LogP) is 8.79. The highest BCUT2D eigenvalue weighted by Crippen LogP contribution is 2.11. The maximum atomic E-state index is 11.2. The lowest BCUT2D eigenvalue weighted by Crippen LogP contribution is -2.29. The Morgan fingerprint density at radius 1 is 0.365 bits per heavy atom. The van der Waals surface area contributed by atoms with Crippen molar-refractivity contribution in [3.05, 3.63) is 0 Å². The number of alkyl halides is 3. The number of Topliss-reactive ketones (excluding diaryl/α,β-unsaturated/α-hetero) is 1. The van der Waals surface area contributed by atoms with Crippen LogP contribution in [-0.2, 0) is 133 Å². The number of nitrogens with one attached hydrogen (secondary N) is 1. The number of thioether (sulfide) groups is 2. The zero-order valence-electron chi connectivity index (χ0n) is 76.6. The van der Waals surface area contributed by atoms with Gasteiger partial charge in [-0.15, -0.1) is 0 Å². The maximum absolute atomic E-state index is 11.2. The smallest absolute Gasteiger partial charge is 0.303 e. The van der Waals surface area contributed by atoms with Crippen LogP contribution in [0.5, 0.6) is 0 Å². The lowest BCUT2D eigenvalue weighted by molar-refractivity contribution is -0.305. The molecule has 33 nitrogen and oxygen atoms in total. The minimum Gasteiger partial charge on any atom is -0.550 e. The summed E-state index contributed by atoms with van der Waals surface area (Å²) in [5, 5.41) is 33.0. The van der Waals surface area contributed by atoms with E-state index in [2.05, 4.69) is 96.7 Å². The van der Waals surface area contributed by atoms with Gasteiger partial charge in [0, 0.05) is 68.3 Å². The number of amides is 1. The number of hydrogen-bond acceptors (Lipinski definition) is 36. The number of halogens is 3. The zero-order chi connectivity index (χ0) is 92.9. The first-order valence-electron chi connectivity index (χ1n) is 44.9. The van der Waals surface area contributed by atoms with Crippen LogP contribution in [0.4, 0.5) is 0 Å². The van der Waals surface area contributed by atoms with Crippen molar-refractivity contribution in [1.82, 2.24) is 5.32 Å². The molecule has 756 valence electrons. The maximum Gasteiger partial charge on any atom is 0.303 e. The first-order valence-corrected chi connectivity index (χ1v) is 52.5. The summed E-state index contributed by atoms with van der Waals surface area (Å²) >= 11 is 25.7. The number of rotatable bonds is 45. The fraction of sp³-hybridized carbons (Fsp3) is 0.953. The predicted molar refractivity (Wildman–Crippen MR) is 514 cm³/mol. The van der Waals surface area contributed by atoms with Crippen LogP contribution in [-0.4, -0.2) is 425 Å². The number of ketones is 1. The summed E-state index contributed by atoms with van der Waals surface area (Å²) in [5.41, 5.74) is 4.50. The molecule has 5 atom stereocenters. The average Bonchev–Trinajstić information content (AvgIpc) is 1.01. The Balaban J connectivity index is -0.000000688. The van der Waals surface area contributed by atoms with Gasteiger partial charge in [0.15, 0.2) is 0 Å². The quantitative estimate of drug-likeness (QED) is 0.0170. The summed E-state index contributed by atoms with van der Waals surface area (Å²) < 4.78 is 131. The number of carbonyl (C=O) groups is 4. The van der Waals surface area contributed by atoms with Gasteiger partial charge in [-0.25, -0.2) is 0 Å². The van der Waals surface area contributed by atoms with Crippen molar-refractivity contribution in [2.45, 2.75) is 159 Å². The highest BCUT2D eigenvalue weighted by molar-refractivity contribution is 9.09. The third-order valence-electron chi connectivity index (χ3n) is 16.4. The van der Waals surface area contributed by atoms with Gasteiger partial charge in [-0.3, -0.25) is 14.4 Å². The molecule has 0 spiro atoms. The first-order chi connectivity index (χ1) is 61.9. The minimum absolute atomic E-state index is 0.0213. The molecule has 41 heteroatoms. The van der Waals surface area contributed by atoms with E-state index in [4.69, 9.17) is 124 Å². The number of nitrogens with two attached hydrogens (primary N) is 1. The Morgan fingerprint density at radius 2 is 0.619 bits per heavy atom. The highest BCUT2D eigenvalue weighted by Gasteiger charge is 2.16. The molecule has 5 N–H and O–H groups in total. The molecule has 0 aliphatic carbocycles. The van der Waals surface area contributed by atoms with E-state index in [-0.39, 0.29) is 49.5 Å². The van der Waals surface area contributed by atoms with Crippen molar-refractivity contribution in [3.8, 4) is 0 Å². The molecule has 126 heavy (non-hydrogen) atoms. The van der Waals surface area contributed by atoms with Gasteiger partial charge in [0.1, 0.15) is 36.3 Å². The number of aliphatic carboxylic acids is 2. The van der Waals surface area contributed by atoms with E-state index in [1.54, 1.807) is 30.6 Å². The number of aliphatic hydroxyl groups is 1. The van der Waals surface area contributed by atoms with E-state index in [0.717, 1.165) is 148 Å². The molecule has 1 amide bonds. The fourth-order valence-electron chi connectivity index (χ4n) is 9.50. The number of thiol groups is 3. The molecule has 5 unspecified atom stereocenters. The van der Waals surface area contributed by atoms with E-state index in [9.17, 15) is 24.3 Å². The monoisotopic (exact) mass is 2110 g/mol. The molecule has 0 saturated carbocycles. The molecule has 5 fully saturated rings. The number of carboxylic acid groups (broad SMARTS) is 2. The largest absolute Gasteiger partial charge is 0.550 e. The summed E-state index contributed by atoms with van der Waals surface area (Å²) in [6.07, 6.45) is 17.0. The van der Waals surface area contributed by atoms with E-state index in [0.29, 0.717) is 301 Å². The van der Waals surface area contributed by atoms with Crippen molar-refractivity contribution < 1.29 is 148 Å². The Labute approximate surface area is 806 Å². The molecule has 0 bridgehead atoms. The molecule has 0 radical (unpaired) electrons. The van der Waals surface area contributed by atoms with Crippen molar-refractivity contribution in [2.75, 3.05) is 361 Å². The van der Waals surface area contributed by atoms with Gasteiger partial charge in [0.2, 0.25) is 5.91 Å². The third kappa shape index (κ3) is 117. The van der Waals surface area contributed by atoms with Crippen LogP contribution in [0.2, 0.25) is 0 Å². The summed E-state index contributed by atoms with van der Waals surface area (Å²) in [6.45, 7) is 27.0. The average molecular weight is 2110 g/mol. The minimum atomic E-state index is -0.983. The van der Waals surface area contributed by atoms with Crippen LogP contribution < -0.4 is 16.2 Å². The first kappa shape index (κ1) is 133.